The lowest BCUT2D eigenvalue weighted by atomic mass is 9.86. The third-order valence-corrected chi connectivity index (χ3v) is 5.41. The van der Waals surface area contributed by atoms with E-state index in [1.165, 1.54) is 18.3 Å². The first-order valence-corrected chi connectivity index (χ1v) is 9.91. The summed E-state index contributed by atoms with van der Waals surface area (Å²) in [4.78, 5) is 29.7. The highest BCUT2D eigenvalue weighted by Gasteiger charge is 2.29. The van der Waals surface area contributed by atoms with Gasteiger partial charge in [-0.25, -0.2) is 4.39 Å². The summed E-state index contributed by atoms with van der Waals surface area (Å²) < 4.78 is 13.3. The summed E-state index contributed by atoms with van der Waals surface area (Å²) in [6.07, 6.45) is 2.31. The average molecular weight is 403 g/mol. The standard InChI is InChI=1S/C24H22FN3O2/c1-3-17-18-9-4-14(2)27-22(18)11-10-21(17)28-24(30)20-13-26-23(29)12-19(20)15-5-7-16(25)8-6-15/h4-11,13,19H,3,12H2,1-2H3,(H,26,29)(H,28,30). The van der Waals surface area contributed by atoms with Crippen molar-refractivity contribution in [2.45, 2.75) is 32.6 Å². The lowest BCUT2D eigenvalue weighted by molar-refractivity contribution is -0.121. The molecule has 1 unspecified atom stereocenters. The van der Waals surface area contributed by atoms with Crippen LogP contribution < -0.4 is 10.6 Å². The molecule has 0 aliphatic carbocycles. The summed E-state index contributed by atoms with van der Waals surface area (Å²) in [5.41, 5.74) is 4.71. The highest BCUT2D eigenvalue weighted by atomic mass is 19.1. The number of hydrogen-bond acceptors (Lipinski definition) is 3. The van der Waals surface area contributed by atoms with Crippen molar-refractivity contribution >= 4 is 28.4 Å². The van der Waals surface area contributed by atoms with Crippen molar-refractivity contribution in [3.8, 4) is 0 Å². The van der Waals surface area contributed by atoms with Crippen molar-refractivity contribution in [1.29, 1.82) is 0 Å². The van der Waals surface area contributed by atoms with Crippen molar-refractivity contribution in [3.63, 3.8) is 0 Å². The number of aryl methyl sites for hydroxylation is 2. The molecule has 2 N–H and O–H groups in total. The normalized spacial score (nSPS) is 16.2. The molecule has 152 valence electrons. The van der Waals surface area contributed by atoms with Gasteiger partial charge in [-0.1, -0.05) is 25.1 Å². The van der Waals surface area contributed by atoms with E-state index in [2.05, 4.69) is 15.6 Å². The van der Waals surface area contributed by atoms with Gasteiger partial charge in [0, 0.05) is 40.9 Å². The summed E-state index contributed by atoms with van der Waals surface area (Å²) in [6, 6.07) is 13.6. The SMILES string of the molecule is CCc1c(NC(=O)C2=CNC(=O)CC2c2ccc(F)cc2)ccc2nc(C)ccc12. The quantitative estimate of drug-likeness (QED) is 0.680. The minimum Gasteiger partial charge on any atom is -0.332 e. The van der Waals surface area contributed by atoms with E-state index in [9.17, 15) is 14.0 Å². The van der Waals surface area contributed by atoms with Crippen LogP contribution in [0.1, 0.15) is 36.1 Å². The topological polar surface area (TPSA) is 71.1 Å². The van der Waals surface area contributed by atoms with Gasteiger partial charge in [0.15, 0.2) is 0 Å². The van der Waals surface area contributed by atoms with Crippen LogP contribution in [-0.2, 0) is 16.0 Å². The number of amides is 2. The Morgan fingerprint density at radius 1 is 1.17 bits per heavy atom. The highest BCUT2D eigenvalue weighted by Crippen LogP contribution is 2.32. The molecule has 5 nitrogen and oxygen atoms in total. The van der Waals surface area contributed by atoms with Gasteiger partial charge in [-0.2, -0.15) is 0 Å². The second-order valence-corrected chi connectivity index (χ2v) is 7.39. The van der Waals surface area contributed by atoms with Crippen LogP contribution in [0.4, 0.5) is 10.1 Å². The molecule has 1 aromatic heterocycles. The molecule has 2 heterocycles. The largest absolute Gasteiger partial charge is 0.332 e. The van der Waals surface area contributed by atoms with E-state index in [-0.39, 0.29) is 24.1 Å². The predicted octanol–water partition coefficient (Wildman–Crippen LogP) is 4.37. The van der Waals surface area contributed by atoms with Crippen LogP contribution in [0, 0.1) is 12.7 Å². The zero-order valence-electron chi connectivity index (χ0n) is 16.8. The molecular weight excluding hydrogens is 381 g/mol. The molecule has 30 heavy (non-hydrogen) atoms. The zero-order chi connectivity index (χ0) is 21.3. The first-order chi connectivity index (χ1) is 14.5. The van der Waals surface area contributed by atoms with E-state index in [0.717, 1.165) is 39.8 Å². The molecule has 3 aromatic rings. The number of rotatable bonds is 4. The van der Waals surface area contributed by atoms with E-state index in [0.29, 0.717) is 5.57 Å². The number of halogens is 1. The highest BCUT2D eigenvalue weighted by molar-refractivity contribution is 6.07. The molecule has 0 saturated carbocycles. The van der Waals surface area contributed by atoms with Crippen LogP contribution in [0.2, 0.25) is 0 Å². The van der Waals surface area contributed by atoms with Gasteiger partial charge in [-0.05, 0) is 54.8 Å². The number of nitrogens with zero attached hydrogens (tertiary/aromatic N) is 1. The third kappa shape index (κ3) is 3.81. The van der Waals surface area contributed by atoms with Crippen LogP contribution in [-0.4, -0.2) is 16.8 Å². The van der Waals surface area contributed by atoms with Gasteiger partial charge >= 0.3 is 0 Å². The van der Waals surface area contributed by atoms with Crippen molar-refractivity contribution in [2.75, 3.05) is 5.32 Å². The minimum absolute atomic E-state index is 0.131. The van der Waals surface area contributed by atoms with Gasteiger partial charge in [0.1, 0.15) is 5.82 Å². The number of aromatic nitrogens is 1. The molecule has 0 fully saturated rings. The Labute approximate surface area is 174 Å². The summed E-state index contributed by atoms with van der Waals surface area (Å²) in [5, 5.41) is 6.63. The summed E-state index contributed by atoms with van der Waals surface area (Å²) in [5.74, 6) is -1.27. The molecule has 1 atom stereocenters. The van der Waals surface area contributed by atoms with Gasteiger partial charge in [0.05, 0.1) is 5.52 Å². The maximum atomic E-state index is 13.3. The van der Waals surface area contributed by atoms with Crippen molar-refractivity contribution < 1.29 is 14.0 Å². The number of fused-ring (bicyclic) bond motifs is 1. The van der Waals surface area contributed by atoms with E-state index < -0.39 is 5.92 Å². The lowest BCUT2D eigenvalue weighted by Gasteiger charge is -2.24. The molecule has 1 aliphatic rings. The Kier molecular flexibility index (Phi) is 5.31. The number of hydrogen-bond donors (Lipinski definition) is 2. The minimum atomic E-state index is -0.436. The molecule has 6 heteroatoms. The Bertz CT molecular complexity index is 1170. The average Bonchev–Trinajstić information content (AvgIpc) is 2.74. The Balaban J connectivity index is 1.67. The Hall–Kier alpha value is -3.54. The molecular formula is C24H22FN3O2. The van der Waals surface area contributed by atoms with Crippen LogP contribution in [0.25, 0.3) is 10.9 Å². The van der Waals surface area contributed by atoms with Gasteiger partial charge < -0.3 is 10.6 Å². The summed E-state index contributed by atoms with van der Waals surface area (Å²) >= 11 is 0. The summed E-state index contributed by atoms with van der Waals surface area (Å²) in [7, 11) is 0. The van der Waals surface area contributed by atoms with Crippen molar-refractivity contribution in [2.24, 2.45) is 0 Å². The number of carbonyl (C=O) groups excluding carboxylic acids is 2. The number of carbonyl (C=O) groups is 2. The monoisotopic (exact) mass is 403 g/mol. The number of anilines is 1. The third-order valence-electron chi connectivity index (χ3n) is 5.41. The molecule has 1 aliphatic heterocycles. The van der Waals surface area contributed by atoms with Crippen molar-refractivity contribution in [1.82, 2.24) is 10.3 Å². The number of pyridine rings is 1. The summed E-state index contributed by atoms with van der Waals surface area (Å²) in [6.45, 7) is 3.98. The lowest BCUT2D eigenvalue weighted by Crippen LogP contribution is -2.32. The second kappa shape index (κ2) is 8.06. The van der Waals surface area contributed by atoms with Crippen molar-refractivity contribution in [3.05, 3.63) is 82.9 Å². The molecule has 2 aromatic carbocycles. The molecule has 0 bridgehead atoms. The fraction of sp³-hybridized carbons (Fsp3) is 0.208. The van der Waals surface area contributed by atoms with Crippen LogP contribution in [0.5, 0.6) is 0 Å². The first-order valence-electron chi connectivity index (χ1n) is 9.91. The van der Waals surface area contributed by atoms with Gasteiger partial charge in [0.25, 0.3) is 5.91 Å². The van der Waals surface area contributed by atoms with Crippen LogP contribution in [0.15, 0.2) is 60.3 Å². The van der Waals surface area contributed by atoms with Gasteiger partial charge in [-0.3, -0.25) is 14.6 Å². The maximum absolute atomic E-state index is 13.3. The molecule has 4 rings (SSSR count). The molecule has 2 amide bonds. The first kappa shape index (κ1) is 19.8. The van der Waals surface area contributed by atoms with Gasteiger partial charge in [-0.15, -0.1) is 0 Å². The van der Waals surface area contributed by atoms with E-state index in [1.54, 1.807) is 12.1 Å². The Morgan fingerprint density at radius 2 is 1.93 bits per heavy atom. The molecule has 0 saturated heterocycles. The number of nitrogens with one attached hydrogen (secondary N) is 2. The smallest absolute Gasteiger partial charge is 0.253 e. The second-order valence-electron chi connectivity index (χ2n) is 7.39. The number of benzene rings is 2. The van der Waals surface area contributed by atoms with E-state index >= 15 is 0 Å². The van der Waals surface area contributed by atoms with Crippen LogP contribution in [0.3, 0.4) is 0 Å². The fourth-order valence-electron chi connectivity index (χ4n) is 3.89. The van der Waals surface area contributed by atoms with Gasteiger partial charge in [0.2, 0.25) is 5.91 Å². The van der Waals surface area contributed by atoms with E-state index in [4.69, 9.17) is 0 Å². The zero-order valence-corrected chi connectivity index (χ0v) is 16.8. The fourth-order valence-corrected chi connectivity index (χ4v) is 3.89. The maximum Gasteiger partial charge on any atom is 0.253 e. The Morgan fingerprint density at radius 3 is 2.67 bits per heavy atom. The van der Waals surface area contributed by atoms with Crippen LogP contribution >= 0.6 is 0 Å². The van der Waals surface area contributed by atoms with E-state index in [1.807, 2.05) is 38.1 Å². The predicted molar refractivity (Wildman–Crippen MR) is 114 cm³/mol. The molecule has 0 radical (unpaired) electrons. The molecule has 0 spiro atoms.